The van der Waals surface area contributed by atoms with Gasteiger partial charge in [-0.25, -0.2) is 0 Å². The minimum absolute atomic E-state index is 0.119. The maximum atomic E-state index is 5.77. The molecule has 21 heavy (non-hydrogen) atoms. The molecule has 2 unspecified atom stereocenters. The highest BCUT2D eigenvalue weighted by atomic mass is 16.5. The lowest BCUT2D eigenvalue weighted by Crippen LogP contribution is -2.48. The van der Waals surface area contributed by atoms with Crippen LogP contribution in [0.5, 0.6) is 0 Å². The van der Waals surface area contributed by atoms with E-state index in [0.29, 0.717) is 12.1 Å². The lowest BCUT2D eigenvalue weighted by Gasteiger charge is -2.37. The van der Waals surface area contributed by atoms with Crippen LogP contribution in [0.1, 0.15) is 52.4 Å². The molecule has 1 aromatic rings. The maximum absolute atomic E-state index is 5.77. The fraction of sp³-hybridized carbons (Fsp3) is 0.765. The van der Waals surface area contributed by atoms with Gasteiger partial charge < -0.3 is 14.5 Å². The number of morpholine rings is 1. The summed E-state index contributed by atoms with van der Waals surface area (Å²) in [4.78, 5) is 2.49. The zero-order chi connectivity index (χ0) is 15.5. The number of rotatable bonds is 5. The van der Waals surface area contributed by atoms with Crippen molar-refractivity contribution < 1.29 is 9.15 Å². The zero-order valence-corrected chi connectivity index (χ0v) is 14.1. The van der Waals surface area contributed by atoms with Gasteiger partial charge in [0.2, 0.25) is 0 Å². The monoisotopic (exact) mass is 294 g/mol. The molecule has 1 aliphatic rings. The molecule has 0 radical (unpaired) electrons. The van der Waals surface area contributed by atoms with Crippen molar-refractivity contribution in [3.05, 3.63) is 23.7 Å². The third-order valence-corrected chi connectivity index (χ3v) is 4.05. The van der Waals surface area contributed by atoms with E-state index in [4.69, 9.17) is 9.15 Å². The van der Waals surface area contributed by atoms with Crippen molar-refractivity contribution in [3.63, 3.8) is 0 Å². The van der Waals surface area contributed by atoms with Gasteiger partial charge in [0, 0.05) is 30.2 Å². The molecule has 2 rings (SSSR count). The molecule has 0 aliphatic carbocycles. The third-order valence-electron chi connectivity index (χ3n) is 4.05. The molecule has 2 heterocycles. The summed E-state index contributed by atoms with van der Waals surface area (Å²) < 4.78 is 11.5. The van der Waals surface area contributed by atoms with Crippen LogP contribution in [-0.2, 0) is 17.8 Å². The number of nitrogens with zero attached hydrogens (tertiary/aromatic N) is 1. The molecule has 0 bridgehead atoms. The summed E-state index contributed by atoms with van der Waals surface area (Å²) in [7, 11) is 0. The molecule has 0 saturated carbocycles. The Balaban J connectivity index is 2.00. The van der Waals surface area contributed by atoms with E-state index in [2.05, 4.69) is 50.9 Å². The smallest absolute Gasteiger partial charge is 0.122 e. The normalized spacial score (nSPS) is 24.4. The number of hydrogen-bond donors (Lipinski definition) is 1. The molecule has 120 valence electrons. The van der Waals surface area contributed by atoms with Gasteiger partial charge in [-0.2, -0.15) is 0 Å². The van der Waals surface area contributed by atoms with Gasteiger partial charge in [-0.1, -0.05) is 6.92 Å². The average Bonchev–Trinajstić information content (AvgIpc) is 2.83. The summed E-state index contributed by atoms with van der Waals surface area (Å²) in [5.74, 6) is 1.08. The number of nitrogens with one attached hydrogen (secondary N) is 1. The SMILES string of the molecule is CCC1COC(C)CN1Cc1occc1CNC(C)(C)C. The van der Waals surface area contributed by atoms with E-state index in [0.717, 1.165) is 38.4 Å². The van der Waals surface area contributed by atoms with Crippen LogP contribution >= 0.6 is 0 Å². The van der Waals surface area contributed by atoms with Crippen LogP contribution in [0.15, 0.2) is 16.7 Å². The Labute approximate surface area is 128 Å². The van der Waals surface area contributed by atoms with Crippen LogP contribution in [-0.4, -0.2) is 35.7 Å². The van der Waals surface area contributed by atoms with Crippen molar-refractivity contribution in [2.24, 2.45) is 0 Å². The van der Waals surface area contributed by atoms with Crippen LogP contribution in [0.25, 0.3) is 0 Å². The summed E-state index contributed by atoms with van der Waals surface area (Å²) in [5.41, 5.74) is 1.38. The standard InChI is InChI=1S/C17H30N2O2/c1-6-15-12-21-13(2)10-19(15)11-16-14(7-8-20-16)9-18-17(3,4)5/h7-8,13,15,18H,6,9-12H2,1-5H3. The highest BCUT2D eigenvalue weighted by Gasteiger charge is 2.27. The van der Waals surface area contributed by atoms with E-state index in [9.17, 15) is 0 Å². The van der Waals surface area contributed by atoms with Gasteiger partial charge in [0.05, 0.1) is 25.5 Å². The Morgan fingerprint density at radius 3 is 2.81 bits per heavy atom. The van der Waals surface area contributed by atoms with Crippen molar-refractivity contribution in [3.8, 4) is 0 Å². The molecule has 1 saturated heterocycles. The summed E-state index contributed by atoms with van der Waals surface area (Å²) in [6, 6.07) is 2.58. The van der Waals surface area contributed by atoms with Gasteiger partial charge in [-0.3, -0.25) is 4.90 Å². The molecule has 0 amide bonds. The second-order valence-electron chi connectivity index (χ2n) is 7.11. The summed E-state index contributed by atoms with van der Waals surface area (Å²) in [6.07, 6.45) is 3.22. The zero-order valence-electron chi connectivity index (χ0n) is 14.1. The first-order chi connectivity index (χ1) is 9.89. The molecule has 4 heteroatoms. The molecule has 1 fully saturated rings. The Bertz CT molecular complexity index is 436. The van der Waals surface area contributed by atoms with Crippen LogP contribution in [0.3, 0.4) is 0 Å². The lowest BCUT2D eigenvalue weighted by molar-refractivity contribution is -0.0611. The fourth-order valence-electron chi connectivity index (χ4n) is 2.69. The van der Waals surface area contributed by atoms with Crippen molar-refractivity contribution >= 4 is 0 Å². The first-order valence-corrected chi connectivity index (χ1v) is 8.05. The number of ether oxygens (including phenoxy) is 1. The van der Waals surface area contributed by atoms with Gasteiger partial charge in [0.25, 0.3) is 0 Å². The van der Waals surface area contributed by atoms with Gasteiger partial charge in [0.15, 0.2) is 0 Å². The summed E-state index contributed by atoms with van der Waals surface area (Å²) in [6.45, 7) is 14.5. The molecule has 4 nitrogen and oxygen atoms in total. The molecular formula is C17H30N2O2. The number of hydrogen-bond acceptors (Lipinski definition) is 4. The number of furan rings is 1. The maximum Gasteiger partial charge on any atom is 0.122 e. The van der Waals surface area contributed by atoms with Crippen LogP contribution in [0.2, 0.25) is 0 Å². The van der Waals surface area contributed by atoms with Gasteiger partial charge in [-0.15, -0.1) is 0 Å². The van der Waals surface area contributed by atoms with E-state index in [1.807, 2.05) is 0 Å². The van der Waals surface area contributed by atoms with Crippen molar-refractivity contribution in [1.29, 1.82) is 0 Å². The first-order valence-electron chi connectivity index (χ1n) is 8.05. The third kappa shape index (κ3) is 4.83. The van der Waals surface area contributed by atoms with Crippen molar-refractivity contribution in [2.45, 2.75) is 71.8 Å². The second kappa shape index (κ2) is 6.95. The Kier molecular flexibility index (Phi) is 5.47. The van der Waals surface area contributed by atoms with Crippen molar-refractivity contribution in [1.82, 2.24) is 10.2 Å². The van der Waals surface area contributed by atoms with E-state index in [1.165, 1.54) is 5.56 Å². The minimum Gasteiger partial charge on any atom is -0.468 e. The Hall–Kier alpha value is -0.840. The van der Waals surface area contributed by atoms with Crippen LogP contribution < -0.4 is 5.32 Å². The molecule has 1 aliphatic heterocycles. The minimum atomic E-state index is 0.119. The molecule has 1 aromatic heterocycles. The van der Waals surface area contributed by atoms with Crippen molar-refractivity contribution in [2.75, 3.05) is 13.2 Å². The first kappa shape index (κ1) is 16.5. The van der Waals surface area contributed by atoms with E-state index >= 15 is 0 Å². The molecule has 0 aromatic carbocycles. The largest absolute Gasteiger partial charge is 0.468 e. The van der Waals surface area contributed by atoms with E-state index < -0.39 is 0 Å². The van der Waals surface area contributed by atoms with Crippen LogP contribution in [0, 0.1) is 0 Å². The second-order valence-corrected chi connectivity index (χ2v) is 7.11. The van der Waals surface area contributed by atoms with E-state index in [-0.39, 0.29) is 5.54 Å². The van der Waals surface area contributed by atoms with Gasteiger partial charge in [-0.05, 0) is 40.2 Å². The van der Waals surface area contributed by atoms with Crippen LogP contribution in [0.4, 0.5) is 0 Å². The molecular weight excluding hydrogens is 264 g/mol. The summed E-state index contributed by atoms with van der Waals surface area (Å²) >= 11 is 0. The Morgan fingerprint density at radius 1 is 1.38 bits per heavy atom. The molecule has 2 atom stereocenters. The highest BCUT2D eigenvalue weighted by molar-refractivity contribution is 5.17. The predicted molar refractivity (Wildman–Crippen MR) is 85.2 cm³/mol. The van der Waals surface area contributed by atoms with Gasteiger partial charge in [0.1, 0.15) is 5.76 Å². The predicted octanol–water partition coefficient (Wildman–Crippen LogP) is 3.17. The lowest BCUT2D eigenvalue weighted by atomic mass is 10.1. The fourth-order valence-corrected chi connectivity index (χ4v) is 2.69. The van der Waals surface area contributed by atoms with Gasteiger partial charge >= 0.3 is 0 Å². The van der Waals surface area contributed by atoms with E-state index in [1.54, 1.807) is 6.26 Å². The topological polar surface area (TPSA) is 37.6 Å². The molecule has 0 spiro atoms. The molecule has 1 N–H and O–H groups in total. The Morgan fingerprint density at radius 2 is 2.14 bits per heavy atom. The summed E-state index contributed by atoms with van der Waals surface area (Å²) in [5, 5.41) is 3.53. The quantitative estimate of drug-likeness (QED) is 0.905. The highest BCUT2D eigenvalue weighted by Crippen LogP contribution is 2.20. The average molecular weight is 294 g/mol.